The van der Waals surface area contributed by atoms with E-state index in [2.05, 4.69) is 290 Å². The fraction of sp³-hybridized carbons (Fsp3) is 0. The van der Waals surface area contributed by atoms with Gasteiger partial charge in [0.05, 0.1) is 11.0 Å². The Labute approximate surface area is 435 Å². The molecule has 1 nitrogen and oxygen atoms in total. The zero-order valence-corrected chi connectivity index (χ0v) is 41.1. The molecule has 0 amide bonds. The number of rotatable bonds is 7. The lowest BCUT2D eigenvalue weighted by Crippen LogP contribution is -1.95. The molecular formula is C74H47N. The molecule has 1 heterocycles. The summed E-state index contributed by atoms with van der Waals surface area (Å²) in [5.41, 5.74) is 18.2. The minimum absolute atomic E-state index is 1.14. The van der Waals surface area contributed by atoms with Crippen molar-refractivity contribution in [1.82, 2.24) is 4.57 Å². The standard InChI is InChI=1S/C74H47N/c1-3-19-50(20-4-1)71-61-27-9-11-29-63(61)73(52-36-34-49(35-37-52)58-31-17-23-48-18-7-8-24-57(48)58)67-46-54(40-44-65(67)71)55-41-45-66-68(47-55)74(64-30-12-10-28-62(64)72(66)51-21-5-2-6-22-51)53-38-42-56(43-39-53)75-69-32-15-13-25-59(69)60-26-14-16-33-70(60)75/h1-47H. The van der Waals surface area contributed by atoms with E-state index in [4.69, 9.17) is 0 Å². The Kier molecular flexibility index (Phi) is 9.96. The zero-order valence-electron chi connectivity index (χ0n) is 41.1. The molecule has 1 aromatic heterocycles. The van der Waals surface area contributed by atoms with Crippen molar-refractivity contribution in [2.24, 2.45) is 0 Å². The van der Waals surface area contributed by atoms with Crippen LogP contribution in [0.15, 0.2) is 285 Å². The molecule has 348 valence electrons. The molecule has 0 saturated heterocycles. The van der Waals surface area contributed by atoms with Crippen molar-refractivity contribution >= 4 is 75.7 Å². The highest BCUT2D eigenvalue weighted by Crippen LogP contribution is 2.48. The van der Waals surface area contributed by atoms with Crippen LogP contribution in [0.3, 0.4) is 0 Å². The number of hydrogen-bond acceptors (Lipinski definition) is 0. The topological polar surface area (TPSA) is 4.93 Å². The third-order valence-corrected chi connectivity index (χ3v) is 15.8. The molecule has 0 atom stereocenters. The summed E-state index contributed by atoms with van der Waals surface area (Å²) in [5, 5.41) is 14.9. The molecule has 0 aliphatic heterocycles. The van der Waals surface area contributed by atoms with E-state index in [-0.39, 0.29) is 0 Å². The number of para-hydroxylation sites is 2. The normalized spacial score (nSPS) is 11.7. The van der Waals surface area contributed by atoms with Crippen molar-refractivity contribution < 1.29 is 0 Å². The molecule has 0 aliphatic rings. The number of hydrogen-bond donors (Lipinski definition) is 0. The van der Waals surface area contributed by atoms with Crippen LogP contribution in [-0.2, 0) is 0 Å². The third kappa shape index (κ3) is 6.93. The van der Waals surface area contributed by atoms with Gasteiger partial charge in [-0.2, -0.15) is 0 Å². The maximum atomic E-state index is 2.46. The van der Waals surface area contributed by atoms with Gasteiger partial charge in [0.2, 0.25) is 0 Å². The molecule has 75 heavy (non-hydrogen) atoms. The van der Waals surface area contributed by atoms with Gasteiger partial charge in [0.25, 0.3) is 0 Å². The minimum atomic E-state index is 1.14. The summed E-state index contributed by atoms with van der Waals surface area (Å²) in [7, 11) is 0. The largest absolute Gasteiger partial charge is 0.309 e. The van der Waals surface area contributed by atoms with Crippen LogP contribution >= 0.6 is 0 Å². The van der Waals surface area contributed by atoms with Gasteiger partial charge in [-0.1, -0.05) is 249 Å². The summed E-state index contributed by atoms with van der Waals surface area (Å²) in [6.45, 7) is 0. The van der Waals surface area contributed by atoms with Crippen molar-refractivity contribution in [3.05, 3.63) is 285 Å². The lowest BCUT2D eigenvalue weighted by atomic mass is 9.83. The fourth-order valence-corrected chi connectivity index (χ4v) is 12.4. The SMILES string of the molecule is c1ccc(-c2c3ccccc3c(-c3ccc(-c4cccc5ccccc45)cc3)c3cc(-c4ccc5c(-c6ccccc6)c6ccccc6c(-c6ccc(-n7c8ccccc8c8ccccc87)cc6)c5c4)ccc23)cc1. The second-order valence-corrected chi connectivity index (χ2v) is 19.9. The molecule has 0 spiro atoms. The lowest BCUT2D eigenvalue weighted by molar-refractivity contribution is 1.18. The maximum absolute atomic E-state index is 2.46. The predicted octanol–water partition coefficient (Wildman–Crippen LogP) is 20.6. The van der Waals surface area contributed by atoms with E-state index in [0.29, 0.717) is 0 Å². The molecule has 0 unspecified atom stereocenters. The average Bonchev–Trinajstić information content (AvgIpc) is 3.83. The van der Waals surface area contributed by atoms with Crippen LogP contribution < -0.4 is 0 Å². The molecule has 0 bridgehead atoms. The molecule has 0 aliphatic carbocycles. The Morgan fingerprint density at radius 2 is 0.520 bits per heavy atom. The predicted molar refractivity (Wildman–Crippen MR) is 321 cm³/mol. The van der Waals surface area contributed by atoms with Gasteiger partial charge >= 0.3 is 0 Å². The van der Waals surface area contributed by atoms with Crippen molar-refractivity contribution in [3.8, 4) is 72.4 Å². The number of nitrogens with zero attached hydrogens (tertiary/aromatic N) is 1. The number of fused-ring (bicyclic) bond motifs is 8. The molecule has 0 saturated carbocycles. The number of aromatic nitrogens is 1. The Bertz CT molecular complexity index is 4660. The summed E-state index contributed by atoms with van der Waals surface area (Å²) in [6.07, 6.45) is 0. The summed E-state index contributed by atoms with van der Waals surface area (Å²) < 4.78 is 2.40. The molecule has 0 fully saturated rings. The molecular weight excluding hydrogens is 903 g/mol. The monoisotopic (exact) mass is 949 g/mol. The van der Waals surface area contributed by atoms with Gasteiger partial charge < -0.3 is 4.57 Å². The Balaban J connectivity index is 0.957. The van der Waals surface area contributed by atoms with Crippen LogP contribution in [-0.4, -0.2) is 4.57 Å². The minimum Gasteiger partial charge on any atom is -0.309 e. The van der Waals surface area contributed by atoms with Crippen LogP contribution in [0.5, 0.6) is 0 Å². The molecule has 0 N–H and O–H groups in total. The van der Waals surface area contributed by atoms with E-state index in [1.54, 1.807) is 0 Å². The smallest absolute Gasteiger partial charge is 0.0541 e. The van der Waals surface area contributed by atoms with E-state index >= 15 is 0 Å². The van der Waals surface area contributed by atoms with Crippen LogP contribution in [0.2, 0.25) is 0 Å². The molecule has 0 radical (unpaired) electrons. The van der Waals surface area contributed by atoms with Crippen LogP contribution in [0, 0.1) is 0 Å². The van der Waals surface area contributed by atoms with Crippen molar-refractivity contribution in [1.29, 1.82) is 0 Å². The van der Waals surface area contributed by atoms with Gasteiger partial charge in [0, 0.05) is 16.5 Å². The van der Waals surface area contributed by atoms with Gasteiger partial charge in [0.1, 0.15) is 0 Å². The van der Waals surface area contributed by atoms with Crippen molar-refractivity contribution in [2.45, 2.75) is 0 Å². The molecule has 15 rings (SSSR count). The molecule has 14 aromatic carbocycles. The van der Waals surface area contributed by atoms with E-state index < -0.39 is 0 Å². The number of benzene rings is 14. The first-order valence-corrected chi connectivity index (χ1v) is 26.0. The van der Waals surface area contributed by atoms with Crippen LogP contribution in [0.4, 0.5) is 0 Å². The summed E-state index contributed by atoms with van der Waals surface area (Å²) in [4.78, 5) is 0. The zero-order chi connectivity index (χ0) is 49.4. The Hall–Kier alpha value is -9.82. The van der Waals surface area contributed by atoms with Crippen molar-refractivity contribution in [2.75, 3.05) is 0 Å². The van der Waals surface area contributed by atoms with E-state index in [9.17, 15) is 0 Å². The summed E-state index contributed by atoms with van der Waals surface area (Å²) in [6, 6.07) is 106. The quantitative estimate of drug-likeness (QED) is 0.140. The van der Waals surface area contributed by atoms with Gasteiger partial charge in [-0.3, -0.25) is 0 Å². The van der Waals surface area contributed by atoms with Gasteiger partial charge in [-0.25, -0.2) is 0 Å². The van der Waals surface area contributed by atoms with Crippen LogP contribution in [0.1, 0.15) is 0 Å². The first-order valence-electron chi connectivity index (χ1n) is 26.0. The third-order valence-electron chi connectivity index (χ3n) is 15.8. The first kappa shape index (κ1) is 42.8. The summed E-state index contributed by atoms with van der Waals surface area (Å²) >= 11 is 0. The highest BCUT2D eigenvalue weighted by molar-refractivity contribution is 6.24. The second kappa shape index (κ2) is 17.4. The van der Waals surface area contributed by atoms with Crippen molar-refractivity contribution in [3.63, 3.8) is 0 Å². The van der Waals surface area contributed by atoms with E-state index in [0.717, 1.165) is 5.69 Å². The van der Waals surface area contributed by atoms with E-state index in [1.807, 2.05) is 0 Å². The van der Waals surface area contributed by atoms with Gasteiger partial charge in [0.15, 0.2) is 0 Å². The molecule has 1 heteroatoms. The van der Waals surface area contributed by atoms with Gasteiger partial charge in [-0.15, -0.1) is 0 Å². The second-order valence-electron chi connectivity index (χ2n) is 19.9. The fourth-order valence-electron chi connectivity index (χ4n) is 12.4. The lowest BCUT2D eigenvalue weighted by Gasteiger charge is -2.20. The maximum Gasteiger partial charge on any atom is 0.0541 e. The Morgan fingerprint density at radius 1 is 0.187 bits per heavy atom. The molecule has 15 aromatic rings. The highest BCUT2D eigenvalue weighted by Gasteiger charge is 2.21. The average molecular weight is 950 g/mol. The Morgan fingerprint density at radius 3 is 1.01 bits per heavy atom. The summed E-state index contributed by atoms with van der Waals surface area (Å²) in [5.74, 6) is 0. The highest BCUT2D eigenvalue weighted by atomic mass is 15.0. The van der Waals surface area contributed by atoms with Crippen LogP contribution in [0.25, 0.3) is 148 Å². The first-order chi connectivity index (χ1) is 37.2. The van der Waals surface area contributed by atoms with E-state index in [1.165, 1.54) is 142 Å². The van der Waals surface area contributed by atoms with Gasteiger partial charge in [-0.05, 0) is 157 Å².